The number of ether oxygens (including phenoxy) is 1. The van der Waals surface area contributed by atoms with Crippen LogP contribution in [0.4, 0.5) is 0 Å². The van der Waals surface area contributed by atoms with Crippen molar-refractivity contribution in [2.45, 2.75) is 85.3 Å². The van der Waals surface area contributed by atoms with Crippen LogP contribution in [0.3, 0.4) is 0 Å². The molecule has 0 rings (SSSR count). The molecule has 0 fully saturated rings. The van der Waals surface area contributed by atoms with Crippen LogP contribution < -0.4 is 10.6 Å². The summed E-state index contributed by atoms with van der Waals surface area (Å²) in [5, 5.41) is 6.72. The number of esters is 1. The lowest BCUT2D eigenvalue weighted by atomic mass is 10.1. The number of hydrogen-bond donors (Lipinski definition) is 2. The zero-order chi connectivity index (χ0) is 17.9. The minimum absolute atomic E-state index is 0.0945. The van der Waals surface area contributed by atoms with Gasteiger partial charge in [0.1, 0.15) is 5.60 Å². The van der Waals surface area contributed by atoms with E-state index in [-0.39, 0.29) is 11.6 Å². The van der Waals surface area contributed by atoms with Crippen molar-refractivity contribution in [3.8, 4) is 0 Å². The van der Waals surface area contributed by atoms with E-state index in [1.807, 2.05) is 20.8 Å². The van der Waals surface area contributed by atoms with Crippen molar-refractivity contribution < 1.29 is 9.53 Å². The molecule has 136 valence electrons. The second kappa shape index (κ2) is 11.3. The van der Waals surface area contributed by atoms with Crippen molar-refractivity contribution in [1.82, 2.24) is 10.6 Å². The molecule has 5 nitrogen and oxygen atoms in total. The molecule has 0 bridgehead atoms. The van der Waals surface area contributed by atoms with Crippen LogP contribution in [0.5, 0.6) is 0 Å². The molecule has 2 N–H and O–H groups in total. The van der Waals surface area contributed by atoms with Crippen LogP contribution in [0.25, 0.3) is 0 Å². The Hall–Kier alpha value is -1.26. The van der Waals surface area contributed by atoms with Gasteiger partial charge in [0.2, 0.25) is 0 Å². The molecule has 0 saturated heterocycles. The van der Waals surface area contributed by atoms with E-state index in [1.165, 1.54) is 0 Å². The number of guanidine groups is 1. The van der Waals surface area contributed by atoms with Gasteiger partial charge in [-0.25, -0.2) is 0 Å². The highest BCUT2D eigenvalue weighted by Gasteiger charge is 2.15. The van der Waals surface area contributed by atoms with E-state index in [1.54, 1.807) is 7.05 Å². The standard InChI is InChI=1S/C18H37N3O2/c1-14(2)15(3)21-17(19-7)20-13-11-9-8-10-12-16(22)23-18(4,5)6/h14-15H,8-13H2,1-7H3,(H2,19,20,21). The van der Waals surface area contributed by atoms with Crippen LogP contribution in [-0.4, -0.2) is 37.2 Å². The molecule has 0 aliphatic rings. The number of carbonyl (C=O) groups excluding carboxylic acids is 1. The highest BCUT2D eigenvalue weighted by atomic mass is 16.6. The molecule has 0 aromatic rings. The zero-order valence-corrected chi connectivity index (χ0v) is 16.2. The molecule has 0 heterocycles. The molecular formula is C18H37N3O2. The average Bonchev–Trinajstić information content (AvgIpc) is 2.42. The Bertz CT molecular complexity index is 360. The van der Waals surface area contributed by atoms with Crippen molar-refractivity contribution in [2.24, 2.45) is 10.9 Å². The molecule has 0 amide bonds. The number of carbonyl (C=O) groups is 1. The lowest BCUT2D eigenvalue weighted by Gasteiger charge is -2.20. The van der Waals surface area contributed by atoms with E-state index in [2.05, 4.69) is 36.4 Å². The Morgan fingerprint density at radius 3 is 2.22 bits per heavy atom. The summed E-state index contributed by atoms with van der Waals surface area (Å²) in [6, 6.07) is 0.398. The third-order valence-electron chi connectivity index (χ3n) is 3.61. The molecule has 0 saturated carbocycles. The number of hydrogen-bond acceptors (Lipinski definition) is 3. The minimum Gasteiger partial charge on any atom is -0.460 e. The van der Waals surface area contributed by atoms with Gasteiger partial charge in [0.05, 0.1) is 0 Å². The maximum absolute atomic E-state index is 11.6. The maximum Gasteiger partial charge on any atom is 0.306 e. The summed E-state index contributed by atoms with van der Waals surface area (Å²) in [6.07, 6.45) is 4.64. The number of rotatable bonds is 9. The molecule has 5 heteroatoms. The predicted molar refractivity (Wildman–Crippen MR) is 97.7 cm³/mol. The third kappa shape index (κ3) is 12.9. The van der Waals surface area contributed by atoms with Crippen LogP contribution >= 0.6 is 0 Å². The maximum atomic E-state index is 11.6. The molecule has 0 aromatic heterocycles. The topological polar surface area (TPSA) is 62.7 Å². The summed E-state index contributed by atoms with van der Waals surface area (Å²) in [6.45, 7) is 13.1. The summed E-state index contributed by atoms with van der Waals surface area (Å²) in [4.78, 5) is 15.8. The first-order valence-electron chi connectivity index (χ1n) is 8.84. The molecule has 0 spiro atoms. The van der Waals surface area contributed by atoms with Gasteiger partial charge in [-0.2, -0.15) is 0 Å². The van der Waals surface area contributed by atoms with Gasteiger partial charge in [0.25, 0.3) is 0 Å². The van der Waals surface area contributed by atoms with Crippen LogP contribution in [-0.2, 0) is 9.53 Å². The van der Waals surface area contributed by atoms with Crippen molar-refractivity contribution in [1.29, 1.82) is 0 Å². The lowest BCUT2D eigenvalue weighted by molar-refractivity contribution is -0.154. The number of aliphatic imine (C=N–C) groups is 1. The van der Waals surface area contributed by atoms with Crippen LogP contribution in [0.1, 0.15) is 73.6 Å². The van der Waals surface area contributed by atoms with Gasteiger partial charge in [-0.1, -0.05) is 26.7 Å². The zero-order valence-electron chi connectivity index (χ0n) is 16.2. The molecule has 0 aliphatic heterocycles. The molecule has 23 heavy (non-hydrogen) atoms. The third-order valence-corrected chi connectivity index (χ3v) is 3.61. The Morgan fingerprint density at radius 2 is 1.70 bits per heavy atom. The van der Waals surface area contributed by atoms with Gasteiger partial charge < -0.3 is 15.4 Å². The Kier molecular flexibility index (Phi) is 10.7. The summed E-state index contributed by atoms with van der Waals surface area (Å²) < 4.78 is 5.29. The highest BCUT2D eigenvalue weighted by molar-refractivity contribution is 5.79. The van der Waals surface area contributed by atoms with Gasteiger partial charge >= 0.3 is 5.97 Å². The highest BCUT2D eigenvalue weighted by Crippen LogP contribution is 2.11. The van der Waals surface area contributed by atoms with Crippen molar-refractivity contribution >= 4 is 11.9 Å². The van der Waals surface area contributed by atoms with Gasteiger partial charge in [0, 0.05) is 26.1 Å². The summed E-state index contributed by atoms with van der Waals surface area (Å²) >= 11 is 0. The fourth-order valence-electron chi connectivity index (χ4n) is 1.92. The summed E-state index contributed by atoms with van der Waals surface area (Å²) in [7, 11) is 1.79. The summed E-state index contributed by atoms with van der Waals surface area (Å²) in [5.41, 5.74) is -0.378. The molecule has 0 aliphatic carbocycles. The van der Waals surface area contributed by atoms with Crippen molar-refractivity contribution in [3.63, 3.8) is 0 Å². The first kappa shape index (κ1) is 21.7. The molecular weight excluding hydrogens is 290 g/mol. The van der Waals surface area contributed by atoms with E-state index in [0.29, 0.717) is 18.4 Å². The first-order chi connectivity index (χ1) is 10.7. The number of unbranched alkanes of at least 4 members (excludes halogenated alkanes) is 3. The second-order valence-electron chi connectivity index (χ2n) is 7.43. The SMILES string of the molecule is CN=C(NCCCCCCC(=O)OC(C)(C)C)NC(C)C(C)C. The van der Waals surface area contributed by atoms with Crippen molar-refractivity contribution in [3.05, 3.63) is 0 Å². The quantitative estimate of drug-likeness (QED) is 0.294. The van der Waals surface area contributed by atoms with Gasteiger partial charge in [0.15, 0.2) is 5.96 Å². The second-order valence-corrected chi connectivity index (χ2v) is 7.43. The van der Waals surface area contributed by atoms with Gasteiger partial charge in [-0.15, -0.1) is 0 Å². The van der Waals surface area contributed by atoms with E-state index in [4.69, 9.17) is 4.74 Å². The van der Waals surface area contributed by atoms with Crippen LogP contribution in [0, 0.1) is 5.92 Å². The van der Waals surface area contributed by atoms with Crippen molar-refractivity contribution in [2.75, 3.05) is 13.6 Å². The van der Waals surface area contributed by atoms with E-state index in [9.17, 15) is 4.79 Å². The van der Waals surface area contributed by atoms with E-state index >= 15 is 0 Å². The first-order valence-corrected chi connectivity index (χ1v) is 8.84. The Morgan fingerprint density at radius 1 is 1.09 bits per heavy atom. The molecule has 0 aromatic carbocycles. The molecule has 1 atom stereocenters. The predicted octanol–water partition coefficient (Wildman–Crippen LogP) is 3.49. The van der Waals surface area contributed by atoms with Gasteiger partial charge in [-0.3, -0.25) is 9.79 Å². The monoisotopic (exact) mass is 327 g/mol. The molecule has 0 radical (unpaired) electrons. The smallest absolute Gasteiger partial charge is 0.306 e. The largest absolute Gasteiger partial charge is 0.460 e. The fourth-order valence-corrected chi connectivity index (χ4v) is 1.92. The van der Waals surface area contributed by atoms with Crippen LogP contribution in [0.15, 0.2) is 4.99 Å². The normalized spacial score (nSPS) is 13.8. The average molecular weight is 328 g/mol. The van der Waals surface area contributed by atoms with Gasteiger partial charge in [-0.05, 0) is 46.5 Å². The lowest BCUT2D eigenvalue weighted by Crippen LogP contribution is -2.44. The Balaban J connectivity index is 3.67. The Labute approximate surface area is 142 Å². The summed E-state index contributed by atoms with van der Waals surface area (Å²) in [5.74, 6) is 1.34. The number of nitrogens with one attached hydrogen (secondary N) is 2. The molecule has 1 unspecified atom stereocenters. The number of nitrogens with zero attached hydrogens (tertiary/aromatic N) is 1. The fraction of sp³-hybridized carbons (Fsp3) is 0.889. The van der Waals surface area contributed by atoms with E-state index in [0.717, 1.165) is 38.2 Å². The van der Waals surface area contributed by atoms with E-state index < -0.39 is 0 Å². The minimum atomic E-state index is -0.378. The van der Waals surface area contributed by atoms with Crippen LogP contribution in [0.2, 0.25) is 0 Å².